The van der Waals surface area contributed by atoms with E-state index in [4.69, 9.17) is 5.73 Å². The first kappa shape index (κ1) is 8.96. The number of nitrogens with two attached hydrogens (primary N) is 1. The average Bonchev–Trinajstić information content (AvgIpc) is 2.19. The summed E-state index contributed by atoms with van der Waals surface area (Å²) in [6.07, 6.45) is 5.14. The molecule has 0 atom stereocenters. The van der Waals surface area contributed by atoms with Crippen LogP contribution in [0, 0.1) is 0 Å². The maximum atomic E-state index is 5.78. The summed E-state index contributed by atoms with van der Waals surface area (Å²) in [5.41, 5.74) is 5.97. The first-order chi connectivity index (χ1) is 4.21. The maximum Gasteiger partial charge on any atom is 0.0125 e. The molecule has 1 saturated carbocycles. The van der Waals surface area contributed by atoms with E-state index < -0.39 is 0 Å². The van der Waals surface area contributed by atoms with Crippen LogP contribution >= 0.6 is 0 Å². The molecule has 56 valence electrons. The zero-order valence-corrected chi connectivity index (χ0v) is 6.91. The predicted octanol–water partition coefficient (Wildman–Crippen LogP) is 2.30. The molecule has 1 heteroatoms. The van der Waals surface area contributed by atoms with Crippen molar-refractivity contribution in [1.82, 2.24) is 0 Å². The van der Waals surface area contributed by atoms with Crippen LogP contribution in [0.3, 0.4) is 0 Å². The molecule has 0 saturated heterocycles. The van der Waals surface area contributed by atoms with Gasteiger partial charge in [-0.1, -0.05) is 26.7 Å². The van der Waals surface area contributed by atoms with Crippen LogP contribution in [0.5, 0.6) is 0 Å². The summed E-state index contributed by atoms with van der Waals surface area (Å²) >= 11 is 0. The molecule has 0 heterocycles. The number of hydrogen-bond acceptors (Lipinski definition) is 1. The van der Waals surface area contributed by atoms with Crippen molar-refractivity contribution in [2.24, 2.45) is 5.73 Å². The summed E-state index contributed by atoms with van der Waals surface area (Å²) in [5.74, 6) is 0. The van der Waals surface area contributed by atoms with Crippen LogP contribution in [0.25, 0.3) is 0 Å². The second-order valence-electron chi connectivity index (χ2n) is 2.86. The first-order valence-electron chi connectivity index (χ1n) is 4.00. The Labute approximate surface area is 58.6 Å². The standard InChI is InChI=1S/C6H13N.C2H6/c1-6(7)4-2-3-5-6;1-2/h2-5,7H2,1H3;1-2H3. The van der Waals surface area contributed by atoms with Gasteiger partial charge in [-0.25, -0.2) is 0 Å². The zero-order valence-electron chi connectivity index (χ0n) is 6.91. The Morgan fingerprint density at radius 1 is 1.11 bits per heavy atom. The Kier molecular flexibility index (Phi) is 3.87. The molecule has 1 nitrogen and oxygen atoms in total. The van der Waals surface area contributed by atoms with E-state index in [-0.39, 0.29) is 5.54 Å². The summed E-state index contributed by atoms with van der Waals surface area (Å²) in [7, 11) is 0. The summed E-state index contributed by atoms with van der Waals surface area (Å²) in [6.45, 7) is 6.14. The molecule has 1 aliphatic rings. The molecule has 1 fully saturated rings. The Balaban J connectivity index is 0.000000291. The Hall–Kier alpha value is -0.0400. The molecule has 0 amide bonds. The van der Waals surface area contributed by atoms with Crippen molar-refractivity contribution in [2.75, 3.05) is 0 Å². The third kappa shape index (κ3) is 3.52. The van der Waals surface area contributed by atoms with E-state index in [1.165, 1.54) is 25.7 Å². The maximum absolute atomic E-state index is 5.78. The van der Waals surface area contributed by atoms with E-state index in [2.05, 4.69) is 6.92 Å². The number of hydrogen-bond donors (Lipinski definition) is 1. The van der Waals surface area contributed by atoms with Crippen LogP contribution in [0.15, 0.2) is 0 Å². The van der Waals surface area contributed by atoms with Crippen LogP contribution in [-0.4, -0.2) is 5.54 Å². The molecule has 2 N–H and O–H groups in total. The van der Waals surface area contributed by atoms with Crippen molar-refractivity contribution in [1.29, 1.82) is 0 Å². The van der Waals surface area contributed by atoms with E-state index >= 15 is 0 Å². The summed E-state index contributed by atoms with van der Waals surface area (Å²) < 4.78 is 0. The van der Waals surface area contributed by atoms with Crippen molar-refractivity contribution < 1.29 is 0 Å². The van der Waals surface area contributed by atoms with Gasteiger partial charge in [-0.05, 0) is 19.8 Å². The SMILES string of the molecule is CC.CC1(N)CCCC1. The lowest BCUT2D eigenvalue weighted by atomic mass is 10.0. The van der Waals surface area contributed by atoms with Gasteiger partial charge in [-0.2, -0.15) is 0 Å². The molecular weight excluding hydrogens is 110 g/mol. The highest BCUT2D eigenvalue weighted by Crippen LogP contribution is 2.25. The molecular formula is C8H19N. The predicted molar refractivity (Wildman–Crippen MR) is 42.4 cm³/mol. The summed E-state index contributed by atoms with van der Waals surface area (Å²) in [5, 5.41) is 0. The fourth-order valence-corrected chi connectivity index (χ4v) is 1.18. The minimum Gasteiger partial charge on any atom is -0.325 e. The molecule has 0 bridgehead atoms. The van der Waals surface area contributed by atoms with E-state index in [1.54, 1.807) is 0 Å². The van der Waals surface area contributed by atoms with E-state index in [0.29, 0.717) is 0 Å². The highest BCUT2D eigenvalue weighted by molar-refractivity contribution is 4.83. The highest BCUT2D eigenvalue weighted by atomic mass is 14.7. The third-order valence-corrected chi connectivity index (χ3v) is 1.75. The lowest BCUT2D eigenvalue weighted by Gasteiger charge is -2.14. The topological polar surface area (TPSA) is 26.0 Å². The minimum absolute atomic E-state index is 0.194. The quantitative estimate of drug-likeness (QED) is 0.533. The summed E-state index contributed by atoms with van der Waals surface area (Å²) in [6, 6.07) is 0. The van der Waals surface area contributed by atoms with Gasteiger partial charge in [0.2, 0.25) is 0 Å². The van der Waals surface area contributed by atoms with E-state index in [0.717, 1.165) is 0 Å². The molecule has 0 unspecified atom stereocenters. The van der Waals surface area contributed by atoms with Crippen molar-refractivity contribution in [3.05, 3.63) is 0 Å². The van der Waals surface area contributed by atoms with Crippen LogP contribution in [-0.2, 0) is 0 Å². The molecule has 0 aromatic rings. The fraction of sp³-hybridized carbons (Fsp3) is 1.00. The Morgan fingerprint density at radius 2 is 1.44 bits per heavy atom. The molecule has 1 rings (SSSR count). The number of rotatable bonds is 0. The Bertz CT molecular complexity index is 59.0. The van der Waals surface area contributed by atoms with Crippen LogP contribution < -0.4 is 5.73 Å². The molecule has 0 aromatic heterocycles. The first-order valence-corrected chi connectivity index (χ1v) is 4.00. The van der Waals surface area contributed by atoms with Crippen molar-refractivity contribution in [3.63, 3.8) is 0 Å². The van der Waals surface area contributed by atoms with Gasteiger partial charge in [-0.3, -0.25) is 0 Å². The molecule has 1 aliphatic carbocycles. The molecule has 9 heavy (non-hydrogen) atoms. The third-order valence-electron chi connectivity index (χ3n) is 1.75. The van der Waals surface area contributed by atoms with Gasteiger partial charge in [0, 0.05) is 5.54 Å². The van der Waals surface area contributed by atoms with Crippen molar-refractivity contribution >= 4 is 0 Å². The minimum atomic E-state index is 0.194. The normalized spacial score (nSPS) is 22.7. The Morgan fingerprint density at radius 3 is 1.56 bits per heavy atom. The second kappa shape index (κ2) is 3.89. The van der Waals surface area contributed by atoms with Gasteiger partial charge in [0.05, 0.1) is 0 Å². The van der Waals surface area contributed by atoms with Crippen molar-refractivity contribution in [2.45, 2.75) is 52.0 Å². The molecule has 0 aliphatic heterocycles. The van der Waals surface area contributed by atoms with Crippen LogP contribution in [0.4, 0.5) is 0 Å². The fourth-order valence-electron chi connectivity index (χ4n) is 1.18. The second-order valence-corrected chi connectivity index (χ2v) is 2.86. The lowest BCUT2D eigenvalue weighted by molar-refractivity contribution is 0.487. The van der Waals surface area contributed by atoms with Crippen LogP contribution in [0.1, 0.15) is 46.5 Å². The van der Waals surface area contributed by atoms with E-state index in [1.807, 2.05) is 13.8 Å². The summed E-state index contributed by atoms with van der Waals surface area (Å²) in [4.78, 5) is 0. The van der Waals surface area contributed by atoms with Crippen molar-refractivity contribution in [3.8, 4) is 0 Å². The van der Waals surface area contributed by atoms with Gasteiger partial charge in [0.1, 0.15) is 0 Å². The zero-order chi connectivity index (χ0) is 7.33. The average molecular weight is 129 g/mol. The monoisotopic (exact) mass is 129 g/mol. The largest absolute Gasteiger partial charge is 0.325 e. The van der Waals surface area contributed by atoms with Gasteiger partial charge < -0.3 is 5.73 Å². The molecule has 0 radical (unpaired) electrons. The van der Waals surface area contributed by atoms with E-state index in [9.17, 15) is 0 Å². The lowest BCUT2D eigenvalue weighted by Crippen LogP contribution is -2.31. The molecule has 0 spiro atoms. The highest BCUT2D eigenvalue weighted by Gasteiger charge is 2.22. The van der Waals surface area contributed by atoms with Gasteiger partial charge in [0.25, 0.3) is 0 Å². The van der Waals surface area contributed by atoms with Gasteiger partial charge in [0.15, 0.2) is 0 Å². The van der Waals surface area contributed by atoms with Gasteiger partial charge >= 0.3 is 0 Å². The smallest absolute Gasteiger partial charge is 0.0125 e. The van der Waals surface area contributed by atoms with Gasteiger partial charge in [-0.15, -0.1) is 0 Å². The van der Waals surface area contributed by atoms with Crippen LogP contribution in [0.2, 0.25) is 0 Å². The molecule has 0 aromatic carbocycles.